The lowest BCUT2D eigenvalue weighted by Crippen LogP contribution is -1.97. The molecule has 0 amide bonds. The predicted molar refractivity (Wildman–Crippen MR) is 87.7 cm³/mol. The van der Waals surface area contributed by atoms with Gasteiger partial charge in [0, 0.05) is 22.7 Å². The van der Waals surface area contributed by atoms with E-state index >= 15 is 0 Å². The molecule has 7 heteroatoms. The fourth-order valence-corrected chi connectivity index (χ4v) is 2.29. The van der Waals surface area contributed by atoms with E-state index in [1.54, 1.807) is 36.4 Å². The number of nitrogens with one attached hydrogen (secondary N) is 1. The summed E-state index contributed by atoms with van der Waals surface area (Å²) in [5.74, 6) is 1.46. The normalized spacial score (nSPS) is 10.3. The molecule has 0 saturated heterocycles. The number of ether oxygens (including phenoxy) is 1. The molecule has 116 valence electrons. The van der Waals surface area contributed by atoms with Gasteiger partial charge in [0.25, 0.3) is 0 Å². The highest BCUT2D eigenvalue weighted by atomic mass is 35.5. The average molecular weight is 330 g/mol. The van der Waals surface area contributed by atoms with Crippen molar-refractivity contribution < 1.29 is 13.8 Å². The molecule has 0 spiro atoms. The maximum absolute atomic E-state index is 10.7. The number of benzene rings is 2. The zero-order chi connectivity index (χ0) is 16.2. The Kier molecular flexibility index (Phi) is 4.25. The second kappa shape index (κ2) is 6.50. The van der Waals surface area contributed by atoms with E-state index in [-0.39, 0.29) is 0 Å². The summed E-state index contributed by atoms with van der Waals surface area (Å²) >= 11 is 5.44. The number of fused-ring (bicyclic) bond motifs is 1. The summed E-state index contributed by atoms with van der Waals surface area (Å²) in [6.45, 7) is 0. The van der Waals surface area contributed by atoms with Crippen LogP contribution < -0.4 is 14.3 Å². The number of halogens is 1. The van der Waals surface area contributed by atoms with E-state index in [1.165, 1.54) is 13.4 Å². The van der Waals surface area contributed by atoms with Crippen LogP contribution in [0, 0.1) is 0 Å². The van der Waals surface area contributed by atoms with Crippen LogP contribution >= 0.6 is 11.9 Å². The van der Waals surface area contributed by atoms with E-state index in [0.29, 0.717) is 28.4 Å². The van der Waals surface area contributed by atoms with Crippen LogP contribution in [0.15, 0.2) is 42.7 Å². The molecule has 1 aromatic heterocycles. The molecule has 2 aromatic carbocycles. The van der Waals surface area contributed by atoms with Crippen LogP contribution in [-0.4, -0.2) is 23.4 Å². The van der Waals surface area contributed by atoms with Gasteiger partial charge in [0.15, 0.2) is 11.5 Å². The van der Waals surface area contributed by atoms with Crippen molar-refractivity contribution in [3.8, 4) is 11.5 Å². The molecule has 23 heavy (non-hydrogen) atoms. The zero-order valence-corrected chi connectivity index (χ0v) is 12.9. The van der Waals surface area contributed by atoms with E-state index in [9.17, 15) is 4.79 Å². The lowest BCUT2D eigenvalue weighted by Gasteiger charge is -2.11. The number of hydrogen-bond acceptors (Lipinski definition) is 6. The first-order valence-corrected chi connectivity index (χ1v) is 6.99. The van der Waals surface area contributed by atoms with E-state index in [0.717, 1.165) is 17.4 Å². The first kappa shape index (κ1) is 15.1. The third-order valence-corrected chi connectivity index (χ3v) is 3.48. The first-order valence-electron chi connectivity index (χ1n) is 6.68. The van der Waals surface area contributed by atoms with Gasteiger partial charge in [-0.15, -0.1) is 0 Å². The van der Waals surface area contributed by atoms with Gasteiger partial charge < -0.3 is 14.3 Å². The number of nitrogens with zero attached hydrogens (tertiary/aromatic N) is 2. The van der Waals surface area contributed by atoms with Crippen molar-refractivity contribution in [1.82, 2.24) is 9.97 Å². The van der Waals surface area contributed by atoms with Crippen molar-refractivity contribution in [2.75, 3.05) is 12.4 Å². The topological polar surface area (TPSA) is 73.3 Å². The van der Waals surface area contributed by atoms with Crippen molar-refractivity contribution in [2.45, 2.75) is 0 Å². The Morgan fingerprint density at radius 3 is 2.57 bits per heavy atom. The standard InChI is InChI=1S/C16H12ClN3O3/c1-22-14-6-12-13(7-15(14)23-17)18-9-19-16(12)20-11-4-2-10(8-21)3-5-11/h2-9H,1H3,(H,18,19,20). The van der Waals surface area contributed by atoms with E-state index in [2.05, 4.69) is 15.3 Å². The van der Waals surface area contributed by atoms with Gasteiger partial charge in [0.1, 0.15) is 30.3 Å². The fraction of sp³-hybridized carbons (Fsp3) is 0.0625. The van der Waals surface area contributed by atoms with Gasteiger partial charge in [0.05, 0.1) is 12.6 Å². The Bertz CT molecular complexity index is 853. The van der Waals surface area contributed by atoms with Crippen LogP contribution in [0.2, 0.25) is 0 Å². The highest BCUT2D eigenvalue weighted by molar-refractivity contribution is 6.09. The average Bonchev–Trinajstić information content (AvgIpc) is 2.61. The first-order chi connectivity index (χ1) is 11.2. The summed E-state index contributed by atoms with van der Waals surface area (Å²) < 4.78 is 10.0. The quantitative estimate of drug-likeness (QED) is 0.719. The number of hydrogen-bond donors (Lipinski definition) is 1. The smallest absolute Gasteiger partial charge is 0.190 e. The van der Waals surface area contributed by atoms with Crippen LogP contribution in [0.1, 0.15) is 10.4 Å². The van der Waals surface area contributed by atoms with Gasteiger partial charge in [-0.25, -0.2) is 9.97 Å². The van der Waals surface area contributed by atoms with E-state index in [4.69, 9.17) is 20.9 Å². The number of carbonyl (C=O) groups is 1. The number of anilines is 2. The Morgan fingerprint density at radius 2 is 1.91 bits per heavy atom. The molecule has 3 aromatic rings. The Balaban J connectivity index is 2.04. The molecule has 0 atom stereocenters. The second-order valence-electron chi connectivity index (χ2n) is 4.68. The fourth-order valence-electron chi connectivity index (χ4n) is 2.17. The minimum Gasteiger partial charge on any atom is -0.493 e. The van der Waals surface area contributed by atoms with Crippen molar-refractivity contribution >= 4 is 40.6 Å². The van der Waals surface area contributed by atoms with Gasteiger partial charge in [-0.2, -0.15) is 0 Å². The summed E-state index contributed by atoms with van der Waals surface area (Å²) in [5.41, 5.74) is 2.06. The molecule has 0 aliphatic rings. The highest BCUT2D eigenvalue weighted by Gasteiger charge is 2.11. The van der Waals surface area contributed by atoms with Crippen LogP contribution in [0.3, 0.4) is 0 Å². The molecule has 0 radical (unpaired) electrons. The summed E-state index contributed by atoms with van der Waals surface area (Å²) in [6, 6.07) is 10.5. The Morgan fingerprint density at radius 1 is 1.13 bits per heavy atom. The summed E-state index contributed by atoms with van der Waals surface area (Å²) in [7, 11) is 1.52. The third kappa shape index (κ3) is 3.02. The summed E-state index contributed by atoms with van der Waals surface area (Å²) in [4.78, 5) is 19.2. The van der Waals surface area contributed by atoms with Gasteiger partial charge in [-0.05, 0) is 30.3 Å². The lowest BCUT2D eigenvalue weighted by molar-refractivity contribution is 0.112. The van der Waals surface area contributed by atoms with E-state index < -0.39 is 0 Å². The molecule has 1 heterocycles. The Hall–Kier alpha value is -2.86. The molecule has 0 unspecified atom stereocenters. The molecule has 1 N–H and O–H groups in total. The second-order valence-corrected chi connectivity index (χ2v) is 4.84. The number of aromatic nitrogens is 2. The number of rotatable bonds is 5. The number of aldehydes is 1. The van der Waals surface area contributed by atoms with Gasteiger partial charge in [-0.1, -0.05) is 0 Å². The van der Waals surface area contributed by atoms with Crippen molar-refractivity contribution in [3.63, 3.8) is 0 Å². The predicted octanol–water partition coefficient (Wildman–Crippen LogP) is 3.73. The monoisotopic (exact) mass is 329 g/mol. The molecule has 0 saturated carbocycles. The molecule has 0 fully saturated rings. The molecule has 6 nitrogen and oxygen atoms in total. The van der Waals surface area contributed by atoms with E-state index in [1.807, 2.05) is 0 Å². The Labute approximate surface area is 137 Å². The van der Waals surface area contributed by atoms with Crippen LogP contribution in [0.25, 0.3) is 10.9 Å². The van der Waals surface area contributed by atoms with Crippen molar-refractivity contribution in [3.05, 3.63) is 48.3 Å². The largest absolute Gasteiger partial charge is 0.493 e. The van der Waals surface area contributed by atoms with Crippen molar-refractivity contribution in [2.24, 2.45) is 0 Å². The SMILES string of the molecule is COc1cc2c(Nc3ccc(C=O)cc3)ncnc2cc1OCl. The molecular weight excluding hydrogens is 318 g/mol. The van der Waals surface area contributed by atoms with Gasteiger partial charge >= 0.3 is 0 Å². The van der Waals surface area contributed by atoms with Crippen molar-refractivity contribution in [1.29, 1.82) is 0 Å². The van der Waals surface area contributed by atoms with Gasteiger partial charge in [-0.3, -0.25) is 4.79 Å². The molecular formula is C16H12ClN3O3. The van der Waals surface area contributed by atoms with Crippen LogP contribution in [0.4, 0.5) is 11.5 Å². The van der Waals surface area contributed by atoms with Crippen LogP contribution in [-0.2, 0) is 0 Å². The number of methoxy groups -OCH3 is 1. The van der Waals surface area contributed by atoms with Crippen LogP contribution in [0.5, 0.6) is 11.5 Å². The summed E-state index contributed by atoms with van der Waals surface area (Å²) in [5, 5.41) is 3.94. The summed E-state index contributed by atoms with van der Waals surface area (Å²) in [6.07, 6.45) is 2.23. The van der Waals surface area contributed by atoms with Gasteiger partial charge in [0.2, 0.25) is 0 Å². The number of carbonyl (C=O) groups excluding carboxylic acids is 1. The third-order valence-electron chi connectivity index (χ3n) is 3.31. The lowest BCUT2D eigenvalue weighted by atomic mass is 10.2. The molecule has 0 aliphatic carbocycles. The maximum Gasteiger partial charge on any atom is 0.190 e. The zero-order valence-electron chi connectivity index (χ0n) is 12.1. The molecule has 3 rings (SSSR count). The highest BCUT2D eigenvalue weighted by Crippen LogP contribution is 2.35. The molecule has 0 aliphatic heterocycles. The minimum atomic E-state index is 0.377. The maximum atomic E-state index is 10.7. The minimum absolute atomic E-state index is 0.377. The molecule has 0 bridgehead atoms.